The largest absolute Gasteiger partial charge is 0.506 e. The molecule has 0 amide bonds. The molecule has 2 aromatic carbocycles. The number of aliphatic hydroxyl groups is 1. The van der Waals surface area contributed by atoms with Crippen LogP contribution in [0.15, 0.2) is 69.8 Å². The number of halogens is 4. The van der Waals surface area contributed by atoms with E-state index < -0.39 is 29.3 Å². The van der Waals surface area contributed by atoms with E-state index >= 15 is 0 Å². The van der Waals surface area contributed by atoms with E-state index in [0.29, 0.717) is 5.56 Å². The molecule has 1 aliphatic rings. The number of nitrogens with zero attached hydrogens (tertiary/aromatic N) is 1. The quantitative estimate of drug-likeness (QED) is 0.512. The maximum Gasteiger partial charge on any atom is 0.416 e. The van der Waals surface area contributed by atoms with Crippen LogP contribution >= 0.6 is 11.8 Å². The van der Waals surface area contributed by atoms with Gasteiger partial charge in [-0.1, -0.05) is 30.0 Å². The lowest BCUT2D eigenvalue weighted by atomic mass is 10.1. The number of benzene rings is 2. The van der Waals surface area contributed by atoms with Gasteiger partial charge in [-0.25, -0.2) is 14.2 Å². The van der Waals surface area contributed by atoms with Crippen molar-refractivity contribution in [3.8, 4) is 0 Å². The Bertz CT molecular complexity index is 1040. The zero-order valence-electron chi connectivity index (χ0n) is 14.8. The number of aliphatic imine (C=N–C) groups is 1. The fraction of sp³-hybridized carbons (Fsp3) is 0.100. The van der Waals surface area contributed by atoms with Gasteiger partial charge in [0.05, 0.1) is 23.3 Å². The zero-order valence-corrected chi connectivity index (χ0v) is 15.6. The van der Waals surface area contributed by atoms with E-state index in [1.807, 2.05) is 0 Å². The third kappa shape index (κ3) is 4.68. The molecule has 1 N–H and O–H groups in total. The van der Waals surface area contributed by atoms with Crippen LogP contribution in [0.4, 0.5) is 23.2 Å². The normalized spacial score (nSPS) is 17.3. The maximum atomic E-state index is 13.1. The Kier molecular flexibility index (Phi) is 5.78. The average Bonchev–Trinajstić information content (AvgIpc) is 2.97. The van der Waals surface area contributed by atoms with E-state index in [9.17, 15) is 27.5 Å². The van der Waals surface area contributed by atoms with E-state index in [2.05, 4.69) is 9.73 Å². The first-order valence-corrected chi connectivity index (χ1v) is 8.94. The monoisotopic (exact) mass is 423 g/mol. The summed E-state index contributed by atoms with van der Waals surface area (Å²) in [5, 5.41) is 10.4. The van der Waals surface area contributed by atoms with E-state index in [4.69, 9.17) is 0 Å². The summed E-state index contributed by atoms with van der Waals surface area (Å²) >= 11 is 0.889. The molecule has 1 heterocycles. The molecule has 29 heavy (non-hydrogen) atoms. The molecule has 0 saturated carbocycles. The number of alkyl halides is 3. The Hall–Kier alpha value is -3.07. The molecular formula is C20H13F4NO3S. The van der Waals surface area contributed by atoms with Crippen molar-refractivity contribution >= 4 is 34.5 Å². The summed E-state index contributed by atoms with van der Waals surface area (Å²) in [4.78, 5) is 16.4. The van der Waals surface area contributed by atoms with Crippen molar-refractivity contribution in [3.05, 3.63) is 81.7 Å². The molecule has 3 rings (SSSR count). The standard InChI is InChI=1S/C20H13F4NO3S/c1-28-19(27)16-17(26)15(9-11-5-7-13(21)8-6-11)29-18(16)25-14-4-2-3-12(10-14)20(22,23)24/h2-10,26H,1H3/b15-9-,25-18?. The molecule has 2 aromatic rings. The summed E-state index contributed by atoms with van der Waals surface area (Å²) in [6, 6.07) is 9.67. The van der Waals surface area contributed by atoms with E-state index in [0.717, 1.165) is 31.0 Å². The molecule has 0 radical (unpaired) electrons. The Labute approximate surface area is 167 Å². The second-order valence-electron chi connectivity index (χ2n) is 5.84. The number of carbonyl (C=O) groups is 1. The van der Waals surface area contributed by atoms with Gasteiger partial charge in [-0.3, -0.25) is 0 Å². The van der Waals surface area contributed by atoms with Crippen LogP contribution in [-0.4, -0.2) is 23.2 Å². The van der Waals surface area contributed by atoms with E-state index in [1.165, 1.54) is 42.5 Å². The van der Waals surface area contributed by atoms with Crippen LogP contribution in [0.3, 0.4) is 0 Å². The number of esters is 1. The van der Waals surface area contributed by atoms with Crippen LogP contribution in [-0.2, 0) is 15.7 Å². The summed E-state index contributed by atoms with van der Waals surface area (Å²) in [7, 11) is 1.11. The molecular weight excluding hydrogens is 410 g/mol. The lowest BCUT2D eigenvalue weighted by Crippen LogP contribution is -2.10. The first-order valence-electron chi connectivity index (χ1n) is 8.12. The number of ether oxygens (including phenoxy) is 1. The molecule has 0 unspecified atom stereocenters. The maximum absolute atomic E-state index is 13.1. The highest BCUT2D eigenvalue weighted by Crippen LogP contribution is 2.40. The van der Waals surface area contributed by atoms with Gasteiger partial charge >= 0.3 is 12.1 Å². The Morgan fingerprint density at radius 1 is 1.17 bits per heavy atom. The predicted molar refractivity (Wildman–Crippen MR) is 102 cm³/mol. The van der Waals surface area contributed by atoms with Crippen molar-refractivity contribution in [2.45, 2.75) is 6.18 Å². The molecule has 0 spiro atoms. The van der Waals surface area contributed by atoms with Gasteiger partial charge in [-0.15, -0.1) is 0 Å². The van der Waals surface area contributed by atoms with Crippen LogP contribution < -0.4 is 0 Å². The third-order valence-electron chi connectivity index (χ3n) is 3.85. The van der Waals surface area contributed by atoms with Gasteiger partial charge in [0.15, 0.2) is 0 Å². The summed E-state index contributed by atoms with van der Waals surface area (Å²) < 4.78 is 56.5. The highest BCUT2D eigenvalue weighted by Gasteiger charge is 2.34. The number of carbonyl (C=O) groups excluding carboxylic acids is 1. The minimum Gasteiger partial charge on any atom is -0.506 e. The van der Waals surface area contributed by atoms with Crippen LogP contribution in [0.1, 0.15) is 11.1 Å². The van der Waals surface area contributed by atoms with Crippen molar-refractivity contribution in [1.82, 2.24) is 0 Å². The van der Waals surface area contributed by atoms with E-state index in [-0.39, 0.29) is 21.2 Å². The lowest BCUT2D eigenvalue weighted by molar-refractivity contribution is -0.137. The Balaban J connectivity index is 2.04. The molecule has 0 bridgehead atoms. The van der Waals surface area contributed by atoms with Crippen LogP contribution in [0, 0.1) is 5.82 Å². The second-order valence-corrected chi connectivity index (χ2v) is 6.87. The topological polar surface area (TPSA) is 58.9 Å². The third-order valence-corrected chi connectivity index (χ3v) is 4.87. The fourth-order valence-corrected chi connectivity index (χ4v) is 3.51. The van der Waals surface area contributed by atoms with Gasteiger partial charge in [0, 0.05) is 0 Å². The molecule has 0 fully saturated rings. The van der Waals surface area contributed by atoms with Crippen molar-refractivity contribution in [2.75, 3.05) is 7.11 Å². The minimum absolute atomic E-state index is 0.0120. The van der Waals surface area contributed by atoms with Crippen molar-refractivity contribution in [3.63, 3.8) is 0 Å². The molecule has 9 heteroatoms. The summed E-state index contributed by atoms with van der Waals surface area (Å²) in [6.07, 6.45) is -3.05. The average molecular weight is 423 g/mol. The number of hydrogen-bond acceptors (Lipinski definition) is 5. The zero-order chi connectivity index (χ0) is 21.2. The number of aliphatic hydroxyl groups excluding tert-OH is 1. The number of methoxy groups -OCH3 is 1. The van der Waals surface area contributed by atoms with Crippen molar-refractivity contribution in [2.24, 2.45) is 4.99 Å². The number of rotatable bonds is 3. The molecule has 150 valence electrons. The van der Waals surface area contributed by atoms with Gasteiger partial charge in [0.2, 0.25) is 0 Å². The molecule has 4 nitrogen and oxygen atoms in total. The molecule has 0 aliphatic carbocycles. The van der Waals surface area contributed by atoms with Gasteiger partial charge in [-0.2, -0.15) is 13.2 Å². The highest BCUT2D eigenvalue weighted by atomic mass is 32.2. The second kappa shape index (κ2) is 8.12. The lowest BCUT2D eigenvalue weighted by Gasteiger charge is -2.07. The summed E-state index contributed by atoms with van der Waals surface area (Å²) in [5.74, 6) is -1.74. The first kappa shape index (κ1) is 20.7. The van der Waals surface area contributed by atoms with Gasteiger partial charge in [-0.05, 0) is 42.0 Å². The summed E-state index contributed by atoms with van der Waals surface area (Å²) in [6.45, 7) is 0. The van der Waals surface area contributed by atoms with Crippen molar-refractivity contribution in [1.29, 1.82) is 0 Å². The Morgan fingerprint density at radius 2 is 1.86 bits per heavy atom. The van der Waals surface area contributed by atoms with Crippen molar-refractivity contribution < 1.29 is 32.2 Å². The molecule has 0 aromatic heterocycles. The van der Waals surface area contributed by atoms with Crippen LogP contribution in [0.5, 0.6) is 0 Å². The smallest absolute Gasteiger partial charge is 0.416 e. The fourth-order valence-electron chi connectivity index (χ4n) is 2.47. The first-order chi connectivity index (χ1) is 13.7. The molecule has 0 atom stereocenters. The number of hydrogen-bond donors (Lipinski definition) is 1. The SMILES string of the molecule is COC(=O)C1=C(O)/C(=C/c2ccc(F)cc2)SC1=Nc1cccc(C(F)(F)F)c1. The predicted octanol–water partition coefficient (Wildman–Crippen LogP) is 5.65. The molecule has 1 aliphatic heterocycles. The van der Waals surface area contributed by atoms with Crippen LogP contribution in [0.2, 0.25) is 0 Å². The van der Waals surface area contributed by atoms with Gasteiger partial charge in [0.1, 0.15) is 22.2 Å². The van der Waals surface area contributed by atoms with Gasteiger partial charge < -0.3 is 9.84 Å². The Morgan fingerprint density at radius 3 is 2.48 bits per heavy atom. The highest BCUT2D eigenvalue weighted by molar-refractivity contribution is 8.18. The molecule has 0 saturated heterocycles. The van der Waals surface area contributed by atoms with E-state index in [1.54, 1.807) is 0 Å². The number of thioether (sulfide) groups is 1. The van der Waals surface area contributed by atoms with Crippen LogP contribution in [0.25, 0.3) is 6.08 Å². The van der Waals surface area contributed by atoms with Gasteiger partial charge in [0.25, 0.3) is 0 Å². The summed E-state index contributed by atoms with van der Waals surface area (Å²) in [5.41, 5.74) is -0.648. The minimum atomic E-state index is -4.55.